The minimum Gasteiger partial charge on any atom is -0.497 e. The van der Waals surface area contributed by atoms with Crippen LogP contribution in [-0.2, 0) is 15.8 Å². The molecule has 1 amide bonds. The number of alkyl halides is 3. The number of nitrogens with zero attached hydrogens (tertiary/aromatic N) is 4. The Morgan fingerprint density at radius 3 is 2.57 bits per heavy atom. The van der Waals surface area contributed by atoms with Crippen LogP contribution in [0.4, 0.5) is 18.9 Å². The molecule has 188 valence electrons. The molecule has 1 N–H and O–H groups in total. The van der Waals surface area contributed by atoms with Gasteiger partial charge in [-0.1, -0.05) is 0 Å². The van der Waals surface area contributed by atoms with Crippen molar-refractivity contribution in [1.82, 2.24) is 20.1 Å². The molecule has 0 unspecified atom stereocenters. The number of likely N-dealkylation sites (tertiary alicyclic amines) is 1. The molecule has 0 aliphatic carbocycles. The van der Waals surface area contributed by atoms with Crippen LogP contribution in [0, 0.1) is 0 Å². The van der Waals surface area contributed by atoms with Gasteiger partial charge in [-0.05, 0) is 30.7 Å². The zero-order valence-corrected chi connectivity index (χ0v) is 19.5. The number of carbonyl (C=O) groups excluding carboxylic acids is 2. The molecule has 0 radical (unpaired) electrons. The van der Waals surface area contributed by atoms with E-state index in [-0.39, 0.29) is 35.8 Å². The summed E-state index contributed by atoms with van der Waals surface area (Å²) in [6, 6.07) is 5.89. The van der Waals surface area contributed by atoms with Gasteiger partial charge < -0.3 is 19.9 Å². The summed E-state index contributed by atoms with van der Waals surface area (Å²) >= 11 is 0. The average Bonchev–Trinajstić information content (AvgIpc) is 3.52. The Labute approximate surface area is 201 Å². The molecule has 0 spiro atoms. The number of pyridine rings is 1. The summed E-state index contributed by atoms with van der Waals surface area (Å²) in [6.45, 7) is 3.82. The number of benzene rings is 1. The second-order valence-electron chi connectivity index (χ2n) is 9.33. The van der Waals surface area contributed by atoms with E-state index in [4.69, 9.17) is 4.74 Å². The van der Waals surface area contributed by atoms with Gasteiger partial charge >= 0.3 is 6.18 Å². The summed E-state index contributed by atoms with van der Waals surface area (Å²) < 4.78 is 45.9. The minimum absolute atomic E-state index is 0.0196. The van der Waals surface area contributed by atoms with Crippen molar-refractivity contribution in [3.8, 4) is 5.75 Å². The second-order valence-corrected chi connectivity index (χ2v) is 9.33. The number of nitrogens with one attached hydrogen (secondary N) is 1. The van der Waals surface area contributed by atoms with Crippen LogP contribution in [0.5, 0.6) is 5.75 Å². The molecule has 0 saturated carbocycles. The Hall–Kier alpha value is -2.92. The van der Waals surface area contributed by atoms with Gasteiger partial charge in [-0.15, -0.1) is 0 Å². The SMILES string of the molecule is COc1ccc2nc(C(F)(F)F)cc(N3CCN([C@@H]4CN[C@H](C(=O)N5CCC(=O)C5)C4)CC3)c2c1. The van der Waals surface area contributed by atoms with Crippen molar-refractivity contribution in [3.05, 3.63) is 30.0 Å². The van der Waals surface area contributed by atoms with E-state index >= 15 is 0 Å². The van der Waals surface area contributed by atoms with E-state index < -0.39 is 11.9 Å². The van der Waals surface area contributed by atoms with Crippen LogP contribution < -0.4 is 15.0 Å². The highest BCUT2D eigenvalue weighted by atomic mass is 19.4. The number of fused-ring (bicyclic) bond motifs is 1. The first-order valence-electron chi connectivity index (χ1n) is 11.8. The quantitative estimate of drug-likeness (QED) is 0.700. The standard InChI is InChI=1S/C24H28F3N5O3/c1-35-17-2-3-19-18(11-17)21(12-22(29-19)24(25,26)27)31-8-6-30(7-9-31)15-10-20(28-13-15)23(34)32-5-4-16(33)14-32/h2-3,11-12,15,20,28H,4-10,13-14H2,1H3/t15-,20-/m0/s1. The maximum Gasteiger partial charge on any atom is 0.433 e. The largest absolute Gasteiger partial charge is 0.497 e. The van der Waals surface area contributed by atoms with Crippen LogP contribution in [0.25, 0.3) is 10.9 Å². The monoisotopic (exact) mass is 491 g/mol. The van der Waals surface area contributed by atoms with Crippen molar-refractivity contribution < 1.29 is 27.5 Å². The van der Waals surface area contributed by atoms with Gasteiger partial charge in [0.15, 0.2) is 5.78 Å². The van der Waals surface area contributed by atoms with Crippen molar-refractivity contribution in [2.24, 2.45) is 0 Å². The number of methoxy groups -OCH3 is 1. The molecule has 3 saturated heterocycles. The molecule has 1 aromatic carbocycles. The molecule has 3 aliphatic rings. The fraction of sp³-hybridized carbons (Fsp3) is 0.542. The van der Waals surface area contributed by atoms with Crippen molar-refractivity contribution in [3.63, 3.8) is 0 Å². The molecular formula is C24H28F3N5O3. The predicted molar refractivity (Wildman–Crippen MR) is 123 cm³/mol. The third-order valence-corrected chi connectivity index (χ3v) is 7.20. The van der Waals surface area contributed by atoms with Crippen LogP contribution in [0.2, 0.25) is 0 Å². The number of rotatable bonds is 4. The minimum atomic E-state index is -4.54. The number of ketones is 1. The number of ether oxygens (including phenoxy) is 1. The molecule has 11 heteroatoms. The smallest absolute Gasteiger partial charge is 0.433 e. The Bertz CT molecular complexity index is 1130. The van der Waals surface area contributed by atoms with Gasteiger partial charge in [0.2, 0.25) is 5.91 Å². The van der Waals surface area contributed by atoms with Crippen LogP contribution in [-0.4, -0.2) is 91.5 Å². The van der Waals surface area contributed by atoms with Crippen LogP contribution >= 0.6 is 0 Å². The van der Waals surface area contributed by atoms with E-state index in [1.54, 1.807) is 23.1 Å². The predicted octanol–water partition coefficient (Wildman–Crippen LogP) is 1.92. The molecule has 35 heavy (non-hydrogen) atoms. The number of aromatic nitrogens is 1. The summed E-state index contributed by atoms with van der Waals surface area (Å²) in [4.78, 5) is 34.0. The average molecular weight is 492 g/mol. The second kappa shape index (κ2) is 9.27. The van der Waals surface area contributed by atoms with E-state index in [0.29, 0.717) is 68.9 Å². The summed E-state index contributed by atoms with van der Waals surface area (Å²) in [6.07, 6.45) is -3.45. The maximum atomic E-state index is 13.5. The molecule has 3 aliphatic heterocycles. The fourth-order valence-electron chi connectivity index (χ4n) is 5.27. The molecule has 2 atom stereocenters. The molecule has 2 aromatic rings. The molecule has 5 rings (SSSR count). The van der Waals surface area contributed by atoms with Gasteiger partial charge in [-0.3, -0.25) is 14.5 Å². The van der Waals surface area contributed by atoms with E-state index in [0.717, 1.165) is 6.07 Å². The first-order chi connectivity index (χ1) is 16.7. The van der Waals surface area contributed by atoms with Crippen molar-refractivity contribution in [2.45, 2.75) is 31.1 Å². The zero-order chi connectivity index (χ0) is 24.7. The molecule has 1 aromatic heterocycles. The van der Waals surface area contributed by atoms with Crippen LogP contribution in [0.3, 0.4) is 0 Å². The van der Waals surface area contributed by atoms with Gasteiger partial charge in [-0.2, -0.15) is 13.2 Å². The molecule has 8 nitrogen and oxygen atoms in total. The topological polar surface area (TPSA) is 78.0 Å². The number of anilines is 1. The number of halogens is 3. The molecule has 0 bridgehead atoms. The van der Waals surface area contributed by atoms with Crippen LogP contribution in [0.1, 0.15) is 18.5 Å². The first kappa shape index (κ1) is 23.8. The van der Waals surface area contributed by atoms with Crippen LogP contribution in [0.15, 0.2) is 24.3 Å². The lowest BCUT2D eigenvalue weighted by Gasteiger charge is -2.39. The normalized spacial score (nSPS) is 23.9. The zero-order valence-electron chi connectivity index (χ0n) is 19.5. The maximum absolute atomic E-state index is 13.5. The van der Waals surface area contributed by atoms with Gasteiger partial charge in [0.25, 0.3) is 0 Å². The highest BCUT2D eigenvalue weighted by Gasteiger charge is 2.38. The number of hydrogen-bond donors (Lipinski definition) is 1. The van der Waals surface area contributed by atoms with Gasteiger partial charge in [0.1, 0.15) is 11.4 Å². The number of hydrogen-bond acceptors (Lipinski definition) is 7. The van der Waals surface area contributed by atoms with Gasteiger partial charge in [0, 0.05) is 62.8 Å². The highest BCUT2D eigenvalue weighted by molar-refractivity contribution is 5.93. The van der Waals surface area contributed by atoms with Crippen molar-refractivity contribution in [1.29, 1.82) is 0 Å². The van der Waals surface area contributed by atoms with E-state index in [9.17, 15) is 22.8 Å². The summed E-state index contributed by atoms with van der Waals surface area (Å²) in [5.41, 5.74) is -0.133. The summed E-state index contributed by atoms with van der Waals surface area (Å²) in [7, 11) is 1.52. The Balaban J connectivity index is 1.28. The number of Topliss-reactive ketones (excluding diaryl/α,β-unsaturated/α-hetero) is 1. The summed E-state index contributed by atoms with van der Waals surface area (Å²) in [5, 5.41) is 3.92. The van der Waals surface area contributed by atoms with E-state index in [1.165, 1.54) is 7.11 Å². The molecule has 3 fully saturated rings. The van der Waals surface area contributed by atoms with Gasteiger partial charge in [-0.25, -0.2) is 4.98 Å². The van der Waals surface area contributed by atoms with E-state index in [2.05, 4.69) is 15.2 Å². The number of amides is 1. The third kappa shape index (κ3) is 4.79. The summed E-state index contributed by atoms with van der Waals surface area (Å²) in [5.74, 6) is 0.638. The first-order valence-corrected chi connectivity index (χ1v) is 11.8. The Kier molecular flexibility index (Phi) is 6.30. The fourth-order valence-corrected chi connectivity index (χ4v) is 5.27. The van der Waals surface area contributed by atoms with Crippen molar-refractivity contribution >= 4 is 28.3 Å². The molecule has 4 heterocycles. The lowest BCUT2D eigenvalue weighted by atomic mass is 10.1. The highest BCUT2D eigenvalue weighted by Crippen LogP contribution is 2.36. The third-order valence-electron chi connectivity index (χ3n) is 7.20. The van der Waals surface area contributed by atoms with Crippen molar-refractivity contribution in [2.75, 3.05) is 57.8 Å². The Morgan fingerprint density at radius 2 is 1.91 bits per heavy atom. The number of carbonyl (C=O) groups is 2. The van der Waals surface area contributed by atoms with Gasteiger partial charge in [0.05, 0.1) is 25.2 Å². The van der Waals surface area contributed by atoms with E-state index in [1.807, 2.05) is 4.90 Å². The molecular weight excluding hydrogens is 463 g/mol. The lowest BCUT2D eigenvalue weighted by molar-refractivity contribution is -0.141. The number of piperazine rings is 1. The Morgan fingerprint density at radius 1 is 1.14 bits per heavy atom. The lowest BCUT2D eigenvalue weighted by Crippen LogP contribution is -2.51.